The van der Waals surface area contributed by atoms with Crippen LogP contribution < -0.4 is 10.4 Å². The third kappa shape index (κ3) is 1.74. The van der Waals surface area contributed by atoms with E-state index in [4.69, 9.17) is 0 Å². The Morgan fingerprint density at radius 2 is 1.47 bits per heavy atom. The van der Waals surface area contributed by atoms with E-state index >= 15 is 0 Å². The standard InChI is InChI=1S/C15H13F3Si/c1-19(2)13-6-4-3-5-11(13)12-9-10(15(16,17)18)7-8-14(12)19/h3-9H,1-2H3. The van der Waals surface area contributed by atoms with Crippen LogP contribution in [-0.4, -0.2) is 8.07 Å². The molecule has 0 saturated carbocycles. The minimum Gasteiger partial charge on any atom is -0.166 e. The fraction of sp³-hybridized carbons (Fsp3) is 0.200. The Morgan fingerprint density at radius 1 is 0.842 bits per heavy atom. The second-order valence-corrected chi connectivity index (χ2v) is 9.76. The van der Waals surface area contributed by atoms with Gasteiger partial charge >= 0.3 is 6.18 Å². The molecule has 0 aliphatic carbocycles. The second-order valence-electron chi connectivity index (χ2n) is 5.43. The highest BCUT2D eigenvalue weighted by Gasteiger charge is 2.39. The lowest BCUT2D eigenvalue weighted by molar-refractivity contribution is -0.137. The molecule has 0 spiro atoms. The van der Waals surface area contributed by atoms with Crippen molar-refractivity contribution in [3.05, 3.63) is 48.0 Å². The third-order valence-corrected chi connectivity index (χ3v) is 7.48. The molecule has 0 atom stereocenters. The first-order valence-electron chi connectivity index (χ1n) is 6.13. The van der Waals surface area contributed by atoms with Crippen LogP contribution in [0, 0.1) is 0 Å². The van der Waals surface area contributed by atoms with Gasteiger partial charge in [0, 0.05) is 0 Å². The summed E-state index contributed by atoms with van der Waals surface area (Å²) in [6.45, 7) is 4.37. The van der Waals surface area contributed by atoms with Crippen molar-refractivity contribution in [2.45, 2.75) is 19.3 Å². The Morgan fingerprint density at radius 3 is 2.16 bits per heavy atom. The molecule has 0 fully saturated rings. The first kappa shape index (κ1) is 12.5. The van der Waals surface area contributed by atoms with Crippen LogP contribution in [0.4, 0.5) is 13.2 Å². The Kier molecular flexibility index (Phi) is 2.45. The minimum atomic E-state index is -4.28. The quantitative estimate of drug-likeness (QED) is 0.647. The highest BCUT2D eigenvalue weighted by atomic mass is 28.3. The van der Waals surface area contributed by atoms with Crippen molar-refractivity contribution in [2.24, 2.45) is 0 Å². The number of benzene rings is 2. The van der Waals surface area contributed by atoms with Crippen LogP contribution in [0.15, 0.2) is 42.5 Å². The maximum Gasteiger partial charge on any atom is 0.416 e. The topological polar surface area (TPSA) is 0 Å². The highest BCUT2D eigenvalue weighted by molar-refractivity contribution is 7.03. The van der Waals surface area contributed by atoms with Crippen LogP contribution in [0.25, 0.3) is 11.1 Å². The number of halogens is 3. The fourth-order valence-electron chi connectivity index (χ4n) is 2.90. The molecule has 1 aliphatic heterocycles. The summed E-state index contributed by atoms with van der Waals surface area (Å²) in [5, 5.41) is 2.33. The molecule has 1 heterocycles. The van der Waals surface area contributed by atoms with E-state index in [0.29, 0.717) is 0 Å². The number of rotatable bonds is 0. The molecule has 1 aliphatic rings. The molecule has 0 saturated heterocycles. The average molecular weight is 278 g/mol. The van der Waals surface area contributed by atoms with E-state index in [9.17, 15) is 13.2 Å². The predicted molar refractivity (Wildman–Crippen MR) is 73.6 cm³/mol. The van der Waals surface area contributed by atoms with E-state index in [1.54, 1.807) is 6.07 Å². The second kappa shape index (κ2) is 3.73. The van der Waals surface area contributed by atoms with Crippen LogP contribution in [0.3, 0.4) is 0 Å². The summed E-state index contributed by atoms with van der Waals surface area (Å²) in [4.78, 5) is 0. The molecule has 0 unspecified atom stereocenters. The van der Waals surface area contributed by atoms with Gasteiger partial charge in [0.25, 0.3) is 0 Å². The predicted octanol–water partition coefficient (Wildman–Crippen LogP) is 3.51. The number of fused-ring (bicyclic) bond motifs is 3. The Balaban J connectivity index is 2.29. The number of hydrogen-bond acceptors (Lipinski definition) is 0. The van der Waals surface area contributed by atoms with Gasteiger partial charge in [-0.25, -0.2) is 0 Å². The normalized spacial score (nSPS) is 16.1. The molecule has 98 valence electrons. The van der Waals surface area contributed by atoms with Gasteiger partial charge in [0.15, 0.2) is 0 Å². The van der Waals surface area contributed by atoms with Crippen LogP contribution >= 0.6 is 0 Å². The molecular weight excluding hydrogens is 265 g/mol. The molecule has 2 aromatic rings. The molecule has 0 nitrogen and oxygen atoms in total. The van der Waals surface area contributed by atoms with Crippen LogP contribution in [0.5, 0.6) is 0 Å². The van der Waals surface area contributed by atoms with Gasteiger partial charge in [-0.05, 0) is 27.6 Å². The van der Waals surface area contributed by atoms with Crippen LogP contribution in [0.2, 0.25) is 13.1 Å². The van der Waals surface area contributed by atoms with Gasteiger partial charge in [0.2, 0.25) is 0 Å². The molecular formula is C15H13F3Si. The Bertz CT molecular complexity index is 657. The third-order valence-electron chi connectivity index (χ3n) is 3.91. The lowest BCUT2D eigenvalue weighted by Gasteiger charge is -2.18. The zero-order valence-electron chi connectivity index (χ0n) is 10.7. The zero-order valence-corrected chi connectivity index (χ0v) is 11.7. The molecule has 0 aromatic heterocycles. The van der Waals surface area contributed by atoms with E-state index < -0.39 is 19.8 Å². The minimum absolute atomic E-state index is 0.562. The number of hydrogen-bond donors (Lipinski definition) is 0. The first-order chi connectivity index (χ1) is 8.82. The monoisotopic (exact) mass is 278 g/mol. The molecule has 4 heteroatoms. The van der Waals surface area contributed by atoms with Gasteiger partial charge in [0.05, 0.1) is 5.56 Å². The first-order valence-corrected chi connectivity index (χ1v) is 9.13. The smallest absolute Gasteiger partial charge is 0.166 e. The lowest BCUT2D eigenvalue weighted by atomic mass is 10.0. The SMILES string of the molecule is C[Si]1(C)c2ccccc2-c2cc(C(F)(F)F)ccc21. The fourth-order valence-corrected chi connectivity index (χ4v) is 5.97. The molecule has 19 heavy (non-hydrogen) atoms. The number of alkyl halides is 3. The summed E-state index contributed by atoms with van der Waals surface area (Å²) >= 11 is 0. The van der Waals surface area contributed by atoms with Gasteiger partial charge in [-0.15, -0.1) is 0 Å². The summed E-state index contributed by atoms with van der Waals surface area (Å²) in [5.74, 6) is 0. The van der Waals surface area contributed by atoms with E-state index in [-0.39, 0.29) is 0 Å². The summed E-state index contributed by atoms with van der Waals surface area (Å²) in [6.07, 6.45) is -4.28. The van der Waals surface area contributed by atoms with Crippen molar-refractivity contribution >= 4 is 18.4 Å². The van der Waals surface area contributed by atoms with Gasteiger partial charge in [-0.2, -0.15) is 13.2 Å². The van der Waals surface area contributed by atoms with E-state index in [0.717, 1.165) is 16.3 Å². The van der Waals surface area contributed by atoms with Gasteiger partial charge in [0.1, 0.15) is 8.07 Å². The van der Waals surface area contributed by atoms with Crippen molar-refractivity contribution in [1.29, 1.82) is 0 Å². The van der Waals surface area contributed by atoms with Crippen LogP contribution in [-0.2, 0) is 6.18 Å². The van der Waals surface area contributed by atoms with E-state index in [1.165, 1.54) is 17.3 Å². The molecule has 3 rings (SSSR count). The maximum atomic E-state index is 12.8. The Labute approximate surface area is 110 Å². The van der Waals surface area contributed by atoms with Crippen molar-refractivity contribution in [1.82, 2.24) is 0 Å². The maximum absolute atomic E-state index is 12.8. The largest absolute Gasteiger partial charge is 0.416 e. The van der Waals surface area contributed by atoms with Crippen molar-refractivity contribution in [3.63, 3.8) is 0 Å². The van der Waals surface area contributed by atoms with E-state index in [2.05, 4.69) is 19.2 Å². The highest BCUT2D eigenvalue weighted by Crippen LogP contribution is 2.34. The lowest BCUT2D eigenvalue weighted by Crippen LogP contribution is -2.49. The molecule has 0 amide bonds. The molecule has 0 N–H and O–H groups in total. The molecule has 0 bridgehead atoms. The van der Waals surface area contributed by atoms with Crippen molar-refractivity contribution in [2.75, 3.05) is 0 Å². The van der Waals surface area contributed by atoms with Crippen molar-refractivity contribution in [3.8, 4) is 11.1 Å². The summed E-state index contributed by atoms with van der Waals surface area (Å²) in [5.41, 5.74) is 1.18. The molecule has 2 aromatic carbocycles. The Hall–Kier alpha value is -1.55. The van der Waals surface area contributed by atoms with E-state index in [1.807, 2.05) is 18.2 Å². The summed E-state index contributed by atoms with van der Waals surface area (Å²) < 4.78 is 38.5. The summed E-state index contributed by atoms with van der Waals surface area (Å²) in [6, 6.07) is 12.0. The van der Waals surface area contributed by atoms with Crippen molar-refractivity contribution < 1.29 is 13.2 Å². The van der Waals surface area contributed by atoms with Crippen LogP contribution in [0.1, 0.15) is 5.56 Å². The van der Waals surface area contributed by atoms with Gasteiger partial charge in [-0.1, -0.05) is 49.5 Å². The average Bonchev–Trinajstić information content (AvgIpc) is 2.58. The summed E-state index contributed by atoms with van der Waals surface area (Å²) in [7, 11) is -1.83. The van der Waals surface area contributed by atoms with Gasteiger partial charge < -0.3 is 0 Å². The zero-order chi connectivity index (χ0) is 13.8. The molecule has 0 radical (unpaired) electrons. The van der Waals surface area contributed by atoms with Gasteiger partial charge in [-0.3, -0.25) is 0 Å².